The van der Waals surface area contributed by atoms with Crippen LogP contribution in [0.3, 0.4) is 0 Å². The Bertz CT molecular complexity index is 566. The molecular weight excluding hydrogens is 298 g/mol. The van der Waals surface area contributed by atoms with Crippen molar-refractivity contribution in [3.8, 4) is 0 Å². The Hall–Kier alpha value is -1.39. The van der Waals surface area contributed by atoms with Crippen molar-refractivity contribution in [3.05, 3.63) is 35.9 Å². The lowest BCUT2D eigenvalue weighted by atomic mass is 9.72. The number of benzene rings is 1. The maximum atomic E-state index is 12.8. The molecule has 0 radical (unpaired) electrons. The van der Waals surface area contributed by atoms with Crippen LogP contribution in [-0.4, -0.2) is 62.5 Å². The van der Waals surface area contributed by atoms with E-state index in [0.29, 0.717) is 0 Å². The number of nitrogens with zero attached hydrogens (tertiary/aromatic N) is 2. The third-order valence-corrected chi connectivity index (χ3v) is 6.13. The van der Waals surface area contributed by atoms with Crippen LogP contribution in [0.1, 0.15) is 31.7 Å². The van der Waals surface area contributed by atoms with Gasteiger partial charge in [0.05, 0.1) is 5.41 Å². The summed E-state index contributed by atoms with van der Waals surface area (Å²) >= 11 is 0. The quantitative estimate of drug-likeness (QED) is 0.919. The first-order chi connectivity index (χ1) is 11.4. The van der Waals surface area contributed by atoms with Gasteiger partial charge in [0.25, 0.3) is 0 Å². The van der Waals surface area contributed by atoms with E-state index in [1.54, 1.807) is 0 Å². The summed E-state index contributed by atoms with van der Waals surface area (Å²) in [5.41, 5.74) is 1.20. The van der Waals surface area contributed by atoms with Gasteiger partial charge in [0.1, 0.15) is 0 Å². The molecule has 2 aliphatic heterocycles. The number of nitrogens with one attached hydrogen (secondary N) is 1. The van der Waals surface area contributed by atoms with Crippen molar-refractivity contribution in [2.75, 3.05) is 46.8 Å². The summed E-state index contributed by atoms with van der Waals surface area (Å²) in [6, 6.07) is 10.8. The summed E-state index contributed by atoms with van der Waals surface area (Å²) in [5, 5.41) is 3.33. The predicted molar refractivity (Wildman–Crippen MR) is 98.1 cm³/mol. The molecular formula is C20H31N3O. The molecule has 0 unspecified atom stereocenters. The van der Waals surface area contributed by atoms with Gasteiger partial charge < -0.3 is 15.1 Å². The Kier molecular flexibility index (Phi) is 4.97. The molecule has 3 rings (SSSR count). The molecule has 132 valence electrons. The Labute approximate surface area is 146 Å². The van der Waals surface area contributed by atoms with E-state index in [0.717, 1.165) is 52.0 Å². The Morgan fingerprint density at radius 2 is 1.67 bits per heavy atom. The largest absolute Gasteiger partial charge is 0.355 e. The van der Waals surface area contributed by atoms with E-state index >= 15 is 0 Å². The summed E-state index contributed by atoms with van der Waals surface area (Å²) in [5.74, 6) is 0.223. The molecule has 2 saturated heterocycles. The monoisotopic (exact) mass is 329 g/mol. The van der Waals surface area contributed by atoms with Crippen molar-refractivity contribution in [2.45, 2.75) is 31.6 Å². The van der Waals surface area contributed by atoms with Gasteiger partial charge in [0.15, 0.2) is 0 Å². The summed E-state index contributed by atoms with van der Waals surface area (Å²) in [7, 11) is 4.28. The minimum absolute atomic E-state index is 0.0737. The highest BCUT2D eigenvalue weighted by atomic mass is 16.2. The molecule has 0 aliphatic carbocycles. The maximum absolute atomic E-state index is 12.8. The van der Waals surface area contributed by atoms with E-state index in [4.69, 9.17) is 0 Å². The molecule has 0 spiro atoms. The Morgan fingerprint density at radius 3 is 2.25 bits per heavy atom. The number of piperidine rings is 1. The van der Waals surface area contributed by atoms with Crippen LogP contribution in [-0.2, 0) is 10.2 Å². The fourth-order valence-electron chi connectivity index (χ4n) is 4.25. The zero-order valence-electron chi connectivity index (χ0n) is 15.3. The topological polar surface area (TPSA) is 35.6 Å². The van der Waals surface area contributed by atoms with Crippen molar-refractivity contribution in [2.24, 2.45) is 5.41 Å². The standard InChI is InChI=1S/C20H31N3O/c1-19(9-12-23(3)16-19)18(24)21-15-20(10-13-22(2)14-11-20)17-7-5-4-6-8-17/h4-8H,9-16H2,1-3H3,(H,21,24)/t19-/m1/s1. The molecule has 0 aromatic heterocycles. The smallest absolute Gasteiger partial charge is 0.227 e. The van der Waals surface area contributed by atoms with E-state index in [2.05, 4.69) is 66.5 Å². The lowest BCUT2D eigenvalue weighted by Gasteiger charge is -2.42. The number of likely N-dealkylation sites (tertiary alicyclic amines) is 2. The highest BCUT2D eigenvalue weighted by Crippen LogP contribution is 2.35. The van der Waals surface area contributed by atoms with E-state index < -0.39 is 0 Å². The van der Waals surface area contributed by atoms with E-state index in [1.165, 1.54) is 5.56 Å². The SMILES string of the molecule is CN1CCC(CNC(=O)[C@]2(C)CCN(C)C2)(c2ccccc2)CC1. The first kappa shape index (κ1) is 17.4. The van der Waals surface area contributed by atoms with Gasteiger partial charge in [-0.15, -0.1) is 0 Å². The number of carbonyl (C=O) groups is 1. The molecule has 24 heavy (non-hydrogen) atoms. The molecule has 1 aromatic rings. The summed E-state index contributed by atoms with van der Waals surface area (Å²) < 4.78 is 0. The summed E-state index contributed by atoms with van der Waals surface area (Å²) in [6.45, 7) is 6.91. The molecule has 2 heterocycles. The van der Waals surface area contributed by atoms with Crippen LogP contribution >= 0.6 is 0 Å². The van der Waals surface area contributed by atoms with Crippen molar-refractivity contribution in [1.82, 2.24) is 15.1 Å². The van der Waals surface area contributed by atoms with Crippen LogP contribution in [0.4, 0.5) is 0 Å². The molecule has 1 atom stereocenters. The van der Waals surface area contributed by atoms with Crippen LogP contribution in [0, 0.1) is 5.41 Å². The maximum Gasteiger partial charge on any atom is 0.227 e. The van der Waals surface area contributed by atoms with E-state index in [1.807, 2.05) is 0 Å². The first-order valence-electron chi connectivity index (χ1n) is 9.15. The van der Waals surface area contributed by atoms with Gasteiger partial charge in [-0.3, -0.25) is 4.79 Å². The number of amides is 1. The van der Waals surface area contributed by atoms with Crippen molar-refractivity contribution < 1.29 is 4.79 Å². The number of hydrogen-bond acceptors (Lipinski definition) is 3. The third kappa shape index (κ3) is 3.50. The van der Waals surface area contributed by atoms with Crippen LogP contribution in [0.5, 0.6) is 0 Å². The molecule has 2 fully saturated rings. The number of rotatable bonds is 4. The van der Waals surface area contributed by atoms with Gasteiger partial charge in [-0.2, -0.15) is 0 Å². The lowest BCUT2D eigenvalue weighted by Crippen LogP contribution is -2.50. The van der Waals surface area contributed by atoms with E-state index in [9.17, 15) is 4.79 Å². The van der Waals surface area contributed by atoms with Gasteiger partial charge in [0, 0.05) is 18.5 Å². The second kappa shape index (κ2) is 6.85. The Morgan fingerprint density at radius 1 is 1.04 bits per heavy atom. The Balaban J connectivity index is 1.72. The first-order valence-corrected chi connectivity index (χ1v) is 9.15. The zero-order valence-corrected chi connectivity index (χ0v) is 15.3. The van der Waals surface area contributed by atoms with Gasteiger partial charge >= 0.3 is 0 Å². The highest BCUT2D eigenvalue weighted by Gasteiger charge is 2.41. The molecule has 1 amide bonds. The van der Waals surface area contributed by atoms with Gasteiger partial charge in [0.2, 0.25) is 5.91 Å². The van der Waals surface area contributed by atoms with Crippen LogP contribution in [0.2, 0.25) is 0 Å². The van der Waals surface area contributed by atoms with Crippen molar-refractivity contribution >= 4 is 5.91 Å². The molecule has 0 bridgehead atoms. The normalized spacial score (nSPS) is 28.0. The van der Waals surface area contributed by atoms with E-state index in [-0.39, 0.29) is 16.7 Å². The van der Waals surface area contributed by atoms with Gasteiger partial charge in [-0.05, 0) is 65.5 Å². The minimum Gasteiger partial charge on any atom is -0.355 e. The highest BCUT2D eigenvalue weighted by molar-refractivity contribution is 5.83. The molecule has 4 heteroatoms. The second-order valence-corrected chi connectivity index (χ2v) is 8.18. The van der Waals surface area contributed by atoms with Crippen LogP contribution in [0.25, 0.3) is 0 Å². The molecule has 1 N–H and O–H groups in total. The minimum atomic E-state index is -0.238. The molecule has 2 aliphatic rings. The van der Waals surface area contributed by atoms with Gasteiger partial charge in [-0.25, -0.2) is 0 Å². The summed E-state index contributed by atoms with van der Waals surface area (Å²) in [4.78, 5) is 17.5. The fourth-order valence-corrected chi connectivity index (χ4v) is 4.25. The van der Waals surface area contributed by atoms with Crippen LogP contribution in [0.15, 0.2) is 30.3 Å². The van der Waals surface area contributed by atoms with Crippen LogP contribution < -0.4 is 5.32 Å². The number of carbonyl (C=O) groups excluding carboxylic acids is 1. The number of hydrogen-bond donors (Lipinski definition) is 1. The second-order valence-electron chi connectivity index (χ2n) is 8.18. The third-order valence-electron chi connectivity index (χ3n) is 6.13. The predicted octanol–water partition coefficient (Wildman–Crippen LogP) is 2.11. The molecule has 0 saturated carbocycles. The fraction of sp³-hybridized carbons (Fsp3) is 0.650. The average Bonchev–Trinajstić information content (AvgIpc) is 2.95. The van der Waals surface area contributed by atoms with Crippen molar-refractivity contribution in [3.63, 3.8) is 0 Å². The average molecular weight is 329 g/mol. The zero-order chi connectivity index (χ0) is 17.2. The molecule has 1 aromatic carbocycles. The summed E-state index contributed by atoms with van der Waals surface area (Å²) in [6.07, 6.45) is 3.16. The molecule has 4 nitrogen and oxygen atoms in total. The van der Waals surface area contributed by atoms with Gasteiger partial charge in [-0.1, -0.05) is 30.3 Å². The van der Waals surface area contributed by atoms with Crippen molar-refractivity contribution in [1.29, 1.82) is 0 Å². The lowest BCUT2D eigenvalue weighted by molar-refractivity contribution is -0.129.